The van der Waals surface area contributed by atoms with E-state index in [1.165, 1.54) is 18.2 Å². The van der Waals surface area contributed by atoms with Crippen molar-refractivity contribution in [3.05, 3.63) is 51.2 Å². The first kappa shape index (κ1) is 19.3. The Morgan fingerprint density at radius 2 is 2.04 bits per heavy atom. The normalized spacial score (nSPS) is 19.7. The number of aliphatic carboxylic acids is 1. The number of aliphatic imine (C=N–C) groups is 1. The van der Waals surface area contributed by atoms with E-state index in [2.05, 4.69) is 4.99 Å². The first-order valence-electron chi connectivity index (χ1n) is 8.18. The summed E-state index contributed by atoms with van der Waals surface area (Å²) < 4.78 is 5.20. The Hall–Kier alpha value is -3.03. The summed E-state index contributed by atoms with van der Waals surface area (Å²) in [4.78, 5) is 39.2. The van der Waals surface area contributed by atoms with Crippen molar-refractivity contribution in [2.45, 2.75) is 33.1 Å². The first-order valence-corrected chi connectivity index (χ1v) is 8.18. The highest BCUT2D eigenvalue weighted by molar-refractivity contribution is 6.06. The van der Waals surface area contributed by atoms with Crippen LogP contribution in [0.2, 0.25) is 0 Å². The molecule has 0 bridgehead atoms. The van der Waals surface area contributed by atoms with Crippen LogP contribution < -0.4 is 0 Å². The van der Waals surface area contributed by atoms with E-state index in [0.29, 0.717) is 23.4 Å². The molecule has 138 valence electrons. The molecule has 8 heteroatoms. The number of carboxylic acid groups (broad SMARTS) is 1. The van der Waals surface area contributed by atoms with Crippen molar-refractivity contribution in [2.24, 2.45) is 10.9 Å². The van der Waals surface area contributed by atoms with E-state index in [4.69, 9.17) is 4.74 Å². The molecule has 0 saturated carbocycles. The Kier molecular flexibility index (Phi) is 5.86. The number of rotatable bonds is 6. The quantitative estimate of drug-likeness (QED) is 0.473. The fourth-order valence-corrected chi connectivity index (χ4v) is 3.09. The zero-order valence-electron chi connectivity index (χ0n) is 14.8. The minimum atomic E-state index is -1.16. The Bertz CT molecular complexity index is 812. The number of esters is 1. The van der Waals surface area contributed by atoms with Crippen LogP contribution in [0.5, 0.6) is 0 Å². The molecule has 2 atom stereocenters. The van der Waals surface area contributed by atoms with Gasteiger partial charge in [0, 0.05) is 29.5 Å². The van der Waals surface area contributed by atoms with Gasteiger partial charge in [-0.1, -0.05) is 19.1 Å². The summed E-state index contributed by atoms with van der Waals surface area (Å²) in [6.45, 7) is 5.21. The number of non-ortho nitro benzene ring substituents is 1. The maximum atomic E-state index is 12.6. The Morgan fingerprint density at radius 3 is 2.62 bits per heavy atom. The maximum absolute atomic E-state index is 12.6. The third-order valence-corrected chi connectivity index (χ3v) is 4.19. The fraction of sp³-hybridized carbons (Fsp3) is 0.389. The van der Waals surface area contributed by atoms with Gasteiger partial charge >= 0.3 is 11.9 Å². The number of ether oxygens (including phenoxy) is 1. The summed E-state index contributed by atoms with van der Waals surface area (Å²) in [6, 6.07) is 5.65. The molecule has 8 nitrogen and oxygen atoms in total. The third-order valence-electron chi connectivity index (χ3n) is 4.19. The highest BCUT2D eigenvalue weighted by Crippen LogP contribution is 2.40. The Labute approximate surface area is 150 Å². The highest BCUT2D eigenvalue weighted by Gasteiger charge is 2.41. The summed E-state index contributed by atoms with van der Waals surface area (Å²) >= 11 is 0. The highest BCUT2D eigenvalue weighted by atomic mass is 16.6. The number of benzene rings is 1. The molecule has 26 heavy (non-hydrogen) atoms. The van der Waals surface area contributed by atoms with E-state index in [0.717, 1.165) is 0 Å². The SMILES string of the molecule is CCCOC(=O)C1=C(C)N=C(C)C(C(=O)O)C1c1cccc([N+](=O)[O-])c1. The van der Waals surface area contributed by atoms with E-state index in [-0.39, 0.29) is 17.9 Å². The van der Waals surface area contributed by atoms with Crippen LogP contribution in [-0.2, 0) is 14.3 Å². The molecule has 1 heterocycles. The van der Waals surface area contributed by atoms with Crippen LogP contribution in [0.1, 0.15) is 38.7 Å². The molecule has 0 amide bonds. The molecular formula is C18H20N2O6. The topological polar surface area (TPSA) is 119 Å². The van der Waals surface area contributed by atoms with Gasteiger partial charge in [-0.3, -0.25) is 19.9 Å². The van der Waals surface area contributed by atoms with Crippen molar-refractivity contribution >= 4 is 23.3 Å². The van der Waals surface area contributed by atoms with Crippen LogP contribution >= 0.6 is 0 Å². The second-order valence-electron chi connectivity index (χ2n) is 6.03. The number of carboxylic acids is 1. The van der Waals surface area contributed by atoms with Crippen LogP contribution in [0.25, 0.3) is 0 Å². The molecule has 0 aromatic heterocycles. The van der Waals surface area contributed by atoms with Crippen molar-refractivity contribution in [2.75, 3.05) is 6.61 Å². The minimum Gasteiger partial charge on any atom is -0.481 e. The lowest BCUT2D eigenvalue weighted by atomic mass is 9.75. The largest absolute Gasteiger partial charge is 0.481 e. The number of carbonyl (C=O) groups is 2. The van der Waals surface area contributed by atoms with Gasteiger partial charge in [0.2, 0.25) is 0 Å². The van der Waals surface area contributed by atoms with E-state index >= 15 is 0 Å². The molecule has 0 saturated heterocycles. The van der Waals surface area contributed by atoms with Gasteiger partial charge in [-0.25, -0.2) is 4.79 Å². The first-order chi connectivity index (χ1) is 12.3. The van der Waals surface area contributed by atoms with E-state index in [1.54, 1.807) is 19.9 Å². The van der Waals surface area contributed by atoms with Gasteiger partial charge in [0.25, 0.3) is 5.69 Å². The Balaban J connectivity index is 2.63. The smallest absolute Gasteiger partial charge is 0.336 e. The number of allylic oxidation sites excluding steroid dienone is 1. The minimum absolute atomic E-state index is 0.122. The average Bonchev–Trinajstić information content (AvgIpc) is 2.58. The molecule has 0 aliphatic carbocycles. The van der Waals surface area contributed by atoms with Crippen molar-refractivity contribution < 1.29 is 24.4 Å². The second kappa shape index (κ2) is 7.90. The summed E-state index contributed by atoms with van der Waals surface area (Å²) in [5.74, 6) is -3.82. The fourth-order valence-electron chi connectivity index (χ4n) is 3.09. The summed E-state index contributed by atoms with van der Waals surface area (Å²) in [5, 5.41) is 20.8. The molecule has 1 aromatic carbocycles. The molecule has 0 spiro atoms. The summed E-state index contributed by atoms with van der Waals surface area (Å²) in [7, 11) is 0. The van der Waals surface area contributed by atoms with Crippen LogP contribution in [-0.4, -0.2) is 34.3 Å². The van der Waals surface area contributed by atoms with Crippen LogP contribution in [0.15, 0.2) is 40.5 Å². The zero-order valence-corrected chi connectivity index (χ0v) is 14.8. The van der Waals surface area contributed by atoms with Crippen LogP contribution in [0.3, 0.4) is 0 Å². The molecule has 2 unspecified atom stereocenters. The maximum Gasteiger partial charge on any atom is 0.336 e. The van der Waals surface area contributed by atoms with Gasteiger partial charge in [-0.05, 0) is 25.8 Å². The van der Waals surface area contributed by atoms with Crippen LogP contribution in [0.4, 0.5) is 5.69 Å². The van der Waals surface area contributed by atoms with Crippen molar-refractivity contribution in [1.29, 1.82) is 0 Å². The van der Waals surface area contributed by atoms with Crippen LogP contribution in [0, 0.1) is 16.0 Å². The van der Waals surface area contributed by atoms with Gasteiger partial charge < -0.3 is 9.84 Å². The number of hydrogen-bond donors (Lipinski definition) is 1. The van der Waals surface area contributed by atoms with E-state index < -0.39 is 28.7 Å². The van der Waals surface area contributed by atoms with Crippen molar-refractivity contribution in [3.63, 3.8) is 0 Å². The van der Waals surface area contributed by atoms with E-state index in [9.17, 15) is 24.8 Å². The predicted octanol–water partition coefficient (Wildman–Crippen LogP) is 3.08. The van der Waals surface area contributed by atoms with E-state index in [1.807, 2.05) is 6.92 Å². The lowest BCUT2D eigenvalue weighted by Crippen LogP contribution is -2.35. The third kappa shape index (κ3) is 3.79. The predicted molar refractivity (Wildman–Crippen MR) is 94.0 cm³/mol. The number of nitro groups is 1. The number of hydrogen-bond acceptors (Lipinski definition) is 6. The molecule has 1 N–H and O–H groups in total. The van der Waals surface area contributed by atoms with Gasteiger partial charge in [-0.2, -0.15) is 0 Å². The molecular weight excluding hydrogens is 340 g/mol. The molecule has 0 fully saturated rings. The second-order valence-corrected chi connectivity index (χ2v) is 6.03. The average molecular weight is 360 g/mol. The van der Waals surface area contributed by atoms with Gasteiger partial charge in [0.15, 0.2) is 0 Å². The number of nitro benzene ring substituents is 1. The van der Waals surface area contributed by atoms with Gasteiger partial charge in [0.05, 0.1) is 17.1 Å². The number of nitrogens with zero attached hydrogens (tertiary/aromatic N) is 2. The van der Waals surface area contributed by atoms with Gasteiger partial charge in [-0.15, -0.1) is 0 Å². The Morgan fingerprint density at radius 1 is 1.35 bits per heavy atom. The summed E-state index contributed by atoms with van der Waals surface area (Å²) in [5.41, 5.74) is 1.00. The van der Waals surface area contributed by atoms with Crippen molar-refractivity contribution in [1.82, 2.24) is 0 Å². The molecule has 1 aromatic rings. The molecule has 2 rings (SSSR count). The standard InChI is InChI=1S/C18H20N2O6/c1-4-8-26-18(23)15-11(3)19-10(2)14(17(21)22)16(15)12-6-5-7-13(9-12)20(24)25/h5-7,9,14,16H,4,8H2,1-3H3,(H,21,22). The molecule has 1 aliphatic heterocycles. The monoisotopic (exact) mass is 360 g/mol. The zero-order chi connectivity index (χ0) is 19.4. The lowest BCUT2D eigenvalue weighted by Gasteiger charge is -2.30. The molecule has 0 radical (unpaired) electrons. The van der Waals surface area contributed by atoms with Gasteiger partial charge in [0.1, 0.15) is 5.92 Å². The molecule has 1 aliphatic rings. The van der Waals surface area contributed by atoms with Crippen molar-refractivity contribution in [3.8, 4) is 0 Å². The number of carbonyl (C=O) groups excluding carboxylic acids is 1. The summed E-state index contributed by atoms with van der Waals surface area (Å²) in [6.07, 6.45) is 0.615. The lowest BCUT2D eigenvalue weighted by molar-refractivity contribution is -0.384.